The van der Waals surface area contributed by atoms with E-state index in [9.17, 15) is 0 Å². The summed E-state index contributed by atoms with van der Waals surface area (Å²) in [4.78, 5) is 0. The molecule has 0 amide bonds. The van der Waals surface area contributed by atoms with Gasteiger partial charge in [0, 0.05) is 0 Å². The molecule has 0 spiro atoms. The highest BCUT2D eigenvalue weighted by atomic mass is 14.9. The van der Waals surface area contributed by atoms with Crippen LogP contribution in [0.15, 0.2) is 0 Å². The number of hydrogen-bond donors (Lipinski definition) is 1. The minimum atomic E-state index is 0.616. The molecule has 116 valence electrons. The third-order valence-electron chi connectivity index (χ3n) is 3.85. The van der Waals surface area contributed by atoms with Crippen LogP contribution in [0, 0.1) is 17.3 Å². The van der Waals surface area contributed by atoms with Crippen LogP contribution in [0.5, 0.6) is 0 Å². The Morgan fingerprint density at radius 1 is 0.895 bits per heavy atom. The molecule has 19 heavy (non-hydrogen) atoms. The summed E-state index contributed by atoms with van der Waals surface area (Å²) in [6.07, 6.45) is 10.1. The van der Waals surface area contributed by atoms with Gasteiger partial charge >= 0.3 is 0 Å². The molecule has 0 aromatic carbocycles. The van der Waals surface area contributed by atoms with Crippen molar-refractivity contribution in [1.82, 2.24) is 5.32 Å². The molecule has 0 radical (unpaired) electrons. The molecular formula is C18H39N. The van der Waals surface area contributed by atoms with Gasteiger partial charge in [-0.2, -0.15) is 0 Å². The van der Waals surface area contributed by atoms with Crippen molar-refractivity contribution >= 4 is 0 Å². The minimum Gasteiger partial charge on any atom is -0.317 e. The maximum absolute atomic E-state index is 3.34. The van der Waals surface area contributed by atoms with Crippen LogP contribution in [0.1, 0.15) is 86.5 Å². The van der Waals surface area contributed by atoms with E-state index in [-0.39, 0.29) is 0 Å². The highest BCUT2D eigenvalue weighted by Gasteiger charge is 2.19. The van der Waals surface area contributed by atoms with Gasteiger partial charge in [-0.05, 0) is 43.2 Å². The van der Waals surface area contributed by atoms with Gasteiger partial charge in [0.1, 0.15) is 0 Å². The molecule has 1 N–H and O–H groups in total. The number of hydrogen-bond acceptors (Lipinski definition) is 1. The summed E-state index contributed by atoms with van der Waals surface area (Å²) in [5.41, 5.74) is 0.616. The van der Waals surface area contributed by atoms with Crippen LogP contribution in [-0.4, -0.2) is 13.1 Å². The van der Waals surface area contributed by atoms with E-state index < -0.39 is 0 Å². The Labute approximate surface area is 122 Å². The Balaban J connectivity index is 0.000000272. The molecule has 1 saturated carbocycles. The molecule has 0 atom stereocenters. The molecule has 1 heterocycles. The predicted octanol–water partition coefficient (Wildman–Crippen LogP) is 5.64. The molecule has 0 aromatic heterocycles. The zero-order valence-corrected chi connectivity index (χ0v) is 14.5. The lowest BCUT2D eigenvalue weighted by atomic mass is 9.83. The normalized spacial score (nSPS) is 22.9. The van der Waals surface area contributed by atoms with Crippen LogP contribution in [0.25, 0.3) is 0 Å². The van der Waals surface area contributed by atoms with E-state index in [1.165, 1.54) is 58.0 Å². The van der Waals surface area contributed by atoms with Gasteiger partial charge in [0.05, 0.1) is 0 Å². The molecule has 1 aliphatic heterocycles. The molecule has 1 nitrogen and oxygen atoms in total. The van der Waals surface area contributed by atoms with Gasteiger partial charge in [-0.25, -0.2) is 0 Å². The summed E-state index contributed by atoms with van der Waals surface area (Å²) in [6.45, 7) is 16.0. The molecular weight excluding hydrogens is 230 g/mol. The molecule has 1 aliphatic carbocycles. The predicted molar refractivity (Wildman–Crippen MR) is 88.6 cm³/mol. The van der Waals surface area contributed by atoms with Crippen molar-refractivity contribution in [2.24, 2.45) is 17.3 Å². The average Bonchev–Trinajstić information content (AvgIpc) is 2.29. The molecule has 2 fully saturated rings. The number of piperidine rings is 1. The molecule has 1 saturated heterocycles. The smallest absolute Gasteiger partial charge is 0.00438 e. The van der Waals surface area contributed by atoms with Gasteiger partial charge in [0.2, 0.25) is 0 Å². The van der Waals surface area contributed by atoms with Gasteiger partial charge < -0.3 is 5.32 Å². The lowest BCUT2D eigenvalue weighted by Crippen LogP contribution is -2.32. The van der Waals surface area contributed by atoms with E-state index >= 15 is 0 Å². The van der Waals surface area contributed by atoms with E-state index in [4.69, 9.17) is 0 Å². The van der Waals surface area contributed by atoms with Crippen LogP contribution >= 0.6 is 0 Å². The average molecular weight is 270 g/mol. The zero-order valence-electron chi connectivity index (χ0n) is 14.5. The van der Waals surface area contributed by atoms with Crippen LogP contribution in [-0.2, 0) is 0 Å². The third kappa shape index (κ3) is 14.2. The van der Waals surface area contributed by atoms with Gasteiger partial charge in [-0.3, -0.25) is 0 Å². The largest absolute Gasteiger partial charge is 0.317 e. The maximum atomic E-state index is 3.34. The van der Waals surface area contributed by atoms with E-state index in [1.807, 2.05) is 0 Å². The summed E-state index contributed by atoms with van der Waals surface area (Å²) in [6, 6.07) is 0. The molecule has 1 heteroatoms. The second kappa shape index (κ2) is 10.7. The Morgan fingerprint density at radius 2 is 1.32 bits per heavy atom. The third-order valence-corrected chi connectivity index (χ3v) is 3.85. The first-order valence-corrected chi connectivity index (χ1v) is 8.54. The van der Waals surface area contributed by atoms with Crippen LogP contribution in [0.3, 0.4) is 0 Å². The highest BCUT2D eigenvalue weighted by molar-refractivity contribution is 4.75. The van der Waals surface area contributed by atoms with Crippen molar-refractivity contribution in [1.29, 1.82) is 0 Å². The molecule has 0 aromatic rings. The minimum absolute atomic E-state index is 0.616. The quantitative estimate of drug-likeness (QED) is 0.599. The Morgan fingerprint density at radius 3 is 1.53 bits per heavy atom. The second-order valence-electron chi connectivity index (χ2n) is 7.89. The van der Waals surface area contributed by atoms with Gasteiger partial charge in [0.25, 0.3) is 0 Å². The monoisotopic (exact) mass is 269 g/mol. The van der Waals surface area contributed by atoms with E-state index in [1.54, 1.807) is 0 Å². The van der Waals surface area contributed by atoms with Crippen LogP contribution in [0.2, 0.25) is 0 Å². The summed E-state index contributed by atoms with van der Waals surface area (Å²) < 4.78 is 0. The standard InChI is InChI=1S/C7H15N.C7H14.C4H10/c1-7(2)3-5-8-6-4-7;1-7-5-3-2-4-6-7;1-4(2)3/h8H,3-6H2,1-2H3;7H,2-6H2,1H3;4H,1-3H3. The fourth-order valence-electron chi connectivity index (χ4n) is 2.41. The number of nitrogens with one attached hydrogen (secondary N) is 1. The van der Waals surface area contributed by atoms with Crippen molar-refractivity contribution in [2.45, 2.75) is 86.5 Å². The zero-order chi connectivity index (χ0) is 14.7. The Hall–Kier alpha value is -0.0400. The van der Waals surface area contributed by atoms with Crippen molar-refractivity contribution < 1.29 is 0 Å². The fourth-order valence-corrected chi connectivity index (χ4v) is 2.41. The maximum Gasteiger partial charge on any atom is -0.00438 e. The van der Waals surface area contributed by atoms with Crippen molar-refractivity contribution in [2.75, 3.05) is 13.1 Å². The highest BCUT2D eigenvalue weighted by Crippen LogP contribution is 2.25. The van der Waals surface area contributed by atoms with E-state index in [0.717, 1.165) is 11.8 Å². The van der Waals surface area contributed by atoms with Crippen molar-refractivity contribution in [3.05, 3.63) is 0 Å². The summed E-state index contributed by atoms with van der Waals surface area (Å²) in [5, 5.41) is 3.34. The summed E-state index contributed by atoms with van der Waals surface area (Å²) >= 11 is 0. The van der Waals surface area contributed by atoms with Gasteiger partial charge in [0.15, 0.2) is 0 Å². The number of rotatable bonds is 0. The van der Waals surface area contributed by atoms with E-state index in [2.05, 4.69) is 46.9 Å². The fraction of sp³-hybridized carbons (Fsp3) is 1.00. The first-order valence-electron chi connectivity index (χ1n) is 8.54. The molecule has 2 aliphatic rings. The second-order valence-corrected chi connectivity index (χ2v) is 7.89. The first-order chi connectivity index (χ1) is 8.83. The topological polar surface area (TPSA) is 12.0 Å². The Bertz CT molecular complexity index is 179. The van der Waals surface area contributed by atoms with Gasteiger partial charge in [-0.1, -0.05) is 73.6 Å². The summed E-state index contributed by atoms with van der Waals surface area (Å²) in [5.74, 6) is 1.87. The lowest BCUT2D eigenvalue weighted by Gasteiger charge is -2.29. The van der Waals surface area contributed by atoms with Crippen LogP contribution < -0.4 is 5.32 Å². The SMILES string of the molecule is CC(C)C.CC1(C)CCNCC1.CC1CCCCC1. The summed E-state index contributed by atoms with van der Waals surface area (Å²) in [7, 11) is 0. The van der Waals surface area contributed by atoms with Crippen molar-refractivity contribution in [3.8, 4) is 0 Å². The van der Waals surface area contributed by atoms with Crippen LogP contribution in [0.4, 0.5) is 0 Å². The van der Waals surface area contributed by atoms with Gasteiger partial charge in [-0.15, -0.1) is 0 Å². The van der Waals surface area contributed by atoms with Crippen molar-refractivity contribution in [3.63, 3.8) is 0 Å². The first kappa shape index (κ1) is 19.0. The molecule has 2 rings (SSSR count). The molecule has 0 bridgehead atoms. The van der Waals surface area contributed by atoms with E-state index in [0.29, 0.717) is 5.41 Å². The lowest BCUT2D eigenvalue weighted by molar-refractivity contribution is 0.259. The molecule has 0 unspecified atom stereocenters. The Kier molecular flexibility index (Phi) is 10.7.